The van der Waals surface area contributed by atoms with Crippen molar-refractivity contribution in [3.8, 4) is 0 Å². The molecule has 0 aliphatic heterocycles. The first kappa shape index (κ1) is 14.8. The van der Waals surface area contributed by atoms with Gasteiger partial charge in [0.25, 0.3) is 5.91 Å². The minimum absolute atomic E-state index is 0.0250. The average Bonchev–Trinajstić information content (AvgIpc) is 2.97. The van der Waals surface area contributed by atoms with E-state index in [-0.39, 0.29) is 5.91 Å². The number of hydrogen-bond donors (Lipinski definition) is 1. The zero-order valence-corrected chi connectivity index (χ0v) is 12.6. The maximum absolute atomic E-state index is 12.4. The number of anilines is 1. The highest BCUT2D eigenvalue weighted by Gasteiger charge is 2.20. The normalized spacial score (nSPS) is 15.3. The summed E-state index contributed by atoms with van der Waals surface area (Å²) >= 11 is 0. The summed E-state index contributed by atoms with van der Waals surface area (Å²) in [6.07, 6.45) is 6.16. The molecular formula is C16H25N3O. The summed E-state index contributed by atoms with van der Waals surface area (Å²) in [7, 11) is 1.88. The lowest BCUT2D eigenvalue weighted by atomic mass is 10.1. The van der Waals surface area contributed by atoms with E-state index in [0.717, 1.165) is 25.3 Å². The molecule has 4 heteroatoms. The maximum atomic E-state index is 12.4. The molecule has 2 rings (SSSR count). The first-order valence-electron chi connectivity index (χ1n) is 7.67. The van der Waals surface area contributed by atoms with Crippen molar-refractivity contribution >= 4 is 11.7 Å². The molecule has 1 fully saturated rings. The molecule has 0 bridgehead atoms. The largest absolute Gasteiger partial charge is 0.370 e. The van der Waals surface area contributed by atoms with Gasteiger partial charge >= 0.3 is 0 Å². The highest BCUT2D eigenvalue weighted by molar-refractivity contribution is 5.92. The molecule has 20 heavy (non-hydrogen) atoms. The molecule has 1 aromatic rings. The van der Waals surface area contributed by atoms with Crippen molar-refractivity contribution in [2.75, 3.05) is 25.5 Å². The van der Waals surface area contributed by atoms with Gasteiger partial charge < -0.3 is 10.2 Å². The van der Waals surface area contributed by atoms with E-state index in [4.69, 9.17) is 0 Å². The fraction of sp³-hybridized carbons (Fsp3) is 0.625. The quantitative estimate of drug-likeness (QED) is 0.867. The van der Waals surface area contributed by atoms with Gasteiger partial charge in [0, 0.05) is 20.1 Å². The molecule has 0 radical (unpaired) electrons. The molecule has 1 saturated carbocycles. The minimum Gasteiger partial charge on any atom is -0.370 e. The number of carbonyl (C=O) groups is 1. The van der Waals surface area contributed by atoms with Crippen LogP contribution in [-0.2, 0) is 0 Å². The first-order chi connectivity index (χ1) is 9.70. The Labute approximate surface area is 121 Å². The third kappa shape index (κ3) is 3.95. The van der Waals surface area contributed by atoms with Crippen LogP contribution in [0.15, 0.2) is 18.2 Å². The summed E-state index contributed by atoms with van der Waals surface area (Å²) in [5, 5.41) is 3.22. The second-order valence-electron chi connectivity index (χ2n) is 5.67. The van der Waals surface area contributed by atoms with Crippen molar-refractivity contribution in [3.05, 3.63) is 23.9 Å². The summed E-state index contributed by atoms with van der Waals surface area (Å²) in [6, 6.07) is 5.59. The van der Waals surface area contributed by atoms with Gasteiger partial charge in [-0.15, -0.1) is 0 Å². The van der Waals surface area contributed by atoms with Crippen LogP contribution in [-0.4, -0.2) is 35.9 Å². The molecule has 0 saturated heterocycles. The second kappa shape index (κ2) is 7.27. The number of rotatable bonds is 6. The number of aromatic nitrogens is 1. The van der Waals surface area contributed by atoms with Crippen molar-refractivity contribution in [3.63, 3.8) is 0 Å². The third-order valence-corrected chi connectivity index (χ3v) is 3.88. The topological polar surface area (TPSA) is 45.2 Å². The molecule has 110 valence electrons. The van der Waals surface area contributed by atoms with Gasteiger partial charge in [-0.2, -0.15) is 0 Å². The SMILES string of the molecule is CCCNc1cccc(C(=O)N(C)CC2CCCC2)n1. The molecule has 1 heterocycles. The molecule has 1 amide bonds. The fourth-order valence-corrected chi connectivity index (χ4v) is 2.76. The zero-order valence-electron chi connectivity index (χ0n) is 12.6. The van der Waals surface area contributed by atoms with Crippen molar-refractivity contribution in [2.24, 2.45) is 5.92 Å². The lowest BCUT2D eigenvalue weighted by Crippen LogP contribution is -2.31. The summed E-state index contributed by atoms with van der Waals surface area (Å²) in [4.78, 5) is 18.6. The van der Waals surface area contributed by atoms with Crippen LogP contribution < -0.4 is 5.32 Å². The Morgan fingerprint density at radius 3 is 2.85 bits per heavy atom. The van der Waals surface area contributed by atoms with Crippen LogP contribution in [0.5, 0.6) is 0 Å². The number of nitrogens with one attached hydrogen (secondary N) is 1. The Hall–Kier alpha value is -1.58. The van der Waals surface area contributed by atoms with Crippen LogP contribution in [0.4, 0.5) is 5.82 Å². The van der Waals surface area contributed by atoms with Crippen LogP contribution in [0.2, 0.25) is 0 Å². The van der Waals surface area contributed by atoms with Crippen LogP contribution in [0.3, 0.4) is 0 Å². The van der Waals surface area contributed by atoms with Gasteiger partial charge in [-0.3, -0.25) is 4.79 Å². The minimum atomic E-state index is 0.0250. The van der Waals surface area contributed by atoms with Crippen LogP contribution in [0.25, 0.3) is 0 Å². The van der Waals surface area contributed by atoms with Crippen molar-refractivity contribution in [1.29, 1.82) is 0 Å². The molecule has 0 unspecified atom stereocenters. The fourth-order valence-electron chi connectivity index (χ4n) is 2.76. The predicted molar refractivity (Wildman–Crippen MR) is 81.9 cm³/mol. The standard InChI is InChI=1S/C16H25N3O/c1-3-11-17-15-10-6-9-14(18-15)16(20)19(2)12-13-7-4-5-8-13/h6,9-10,13H,3-5,7-8,11-12H2,1-2H3,(H,17,18). The summed E-state index contributed by atoms with van der Waals surface area (Å²) in [6.45, 7) is 3.84. The predicted octanol–water partition coefficient (Wildman–Crippen LogP) is 3.17. The van der Waals surface area contributed by atoms with Crippen molar-refractivity contribution in [2.45, 2.75) is 39.0 Å². The molecule has 1 aliphatic carbocycles. The third-order valence-electron chi connectivity index (χ3n) is 3.88. The highest BCUT2D eigenvalue weighted by atomic mass is 16.2. The van der Waals surface area contributed by atoms with E-state index < -0.39 is 0 Å². The van der Waals surface area contributed by atoms with Crippen LogP contribution >= 0.6 is 0 Å². The summed E-state index contributed by atoms with van der Waals surface area (Å²) in [5.74, 6) is 1.48. The van der Waals surface area contributed by atoms with Gasteiger partial charge in [0.05, 0.1) is 0 Å². The Bertz CT molecular complexity index is 441. The van der Waals surface area contributed by atoms with Gasteiger partial charge in [0.15, 0.2) is 0 Å². The second-order valence-corrected chi connectivity index (χ2v) is 5.67. The maximum Gasteiger partial charge on any atom is 0.272 e. The number of amides is 1. The van der Waals surface area contributed by atoms with Crippen LogP contribution in [0.1, 0.15) is 49.5 Å². The lowest BCUT2D eigenvalue weighted by Gasteiger charge is -2.21. The van der Waals surface area contributed by atoms with Gasteiger partial charge in [-0.05, 0) is 37.3 Å². The van der Waals surface area contributed by atoms with E-state index in [1.54, 1.807) is 6.07 Å². The van der Waals surface area contributed by atoms with Gasteiger partial charge in [0.2, 0.25) is 0 Å². The number of hydrogen-bond acceptors (Lipinski definition) is 3. The van der Waals surface area contributed by atoms with Crippen molar-refractivity contribution < 1.29 is 4.79 Å². The smallest absolute Gasteiger partial charge is 0.272 e. The van der Waals surface area contributed by atoms with E-state index in [2.05, 4.69) is 17.2 Å². The summed E-state index contributed by atoms with van der Waals surface area (Å²) < 4.78 is 0. The van der Waals surface area contributed by atoms with Gasteiger partial charge in [0.1, 0.15) is 11.5 Å². The Morgan fingerprint density at radius 2 is 2.15 bits per heavy atom. The first-order valence-corrected chi connectivity index (χ1v) is 7.67. The van der Waals surface area contributed by atoms with Crippen LogP contribution in [0, 0.1) is 5.92 Å². The highest BCUT2D eigenvalue weighted by Crippen LogP contribution is 2.25. The molecular weight excluding hydrogens is 250 g/mol. The molecule has 0 atom stereocenters. The molecule has 1 aliphatic rings. The molecule has 0 spiro atoms. The molecule has 4 nitrogen and oxygen atoms in total. The zero-order chi connectivity index (χ0) is 14.4. The monoisotopic (exact) mass is 275 g/mol. The van der Waals surface area contributed by atoms with E-state index in [1.807, 2.05) is 24.1 Å². The van der Waals surface area contributed by atoms with Gasteiger partial charge in [-0.25, -0.2) is 4.98 Å². The summed E-state index contributed by atoms with van der Waals surface area (Å²) in [5.41, 5.74) is 0.534. The Morgan fingerprint density at radius 1 is 1.40 bits per heavy atom. The number of nitrogens with zero attached hydrogens (tertiary/aromatic N) is 2. The number of carbonyl (C=O) groups excluding carboxylic acids is 1. The van der Waals surface area contributed by atoms with E-state index >= 15 is 0 Å². The Kier molecular flexibility index (Phi) is 5.39. The van der Waals surface area contributed by atoms with E-state index in [0.29, 0.717) is 11.6 Å². The van der Waals surface area contributed by atoms with Crippen molar-refractivity contribution in [1.82, 2.24) is 9.88 Å². The molecule has 1 N–H and O–H groups in total. The van der Waals surface area contributed by atoms with E-state index in [9.17, 15) is 4.79 Å². The van der Waals surface area contributed by atoms with E-state index in [1.165, 1.54) is 25.7 Å². The molecule has 0 aromatic carbocycles. The Balaban J connectivity index is 1.96. The number of pyridine rings is 1. The van der Waals surface area contributed by atoms with Gasteiger partial charge in [-0.1, -0.05) is 25.8 Å². The lowest BCUT2D eigenvalue weighted by molar-refractivity contribution is 0.0767. The molecule has 1 aromatic heterocycles. The average molecular weight is 275 g/mol.